The van der Waals surface area contributed by atoms with Gasteiger partial charge < -0.3 is 10.6 Å². The molecule has 1 saturated heterocycles. The lowest BCUT2D eigenvalue weighted by atomic mass is 10.1. The predicted octanol–water partition coefficient (Wildman–Crippen LogP) is 1.75. The number of nitrogens with one attached hydrogen (secondary N) is 3. The predicted molar refractivity (Wildman–Crippen MR) is 77.3 cm³/mol. The third-order valence-corrected chi connectivity index (χ3v) is 3.59. The van der Waals surface area contributed by atoms with Gasteiger partial charge in [-0.05, 0) is 24.9 Å². The van der Waals surface area contributed by atoms with Crippen molar-refractivity contribution in [1.29, 1.82) is 0 Å². The Morgan fingerprint density at radius 2 is 2.05 bits per heavy atom. The van der Waals surface area contributed by atoms with Gasteiger partial charge in [-0.25, -0.2) is 0 Å². The Morgan fingerprint density at radius 1 is 1.32 bits per heavy atom. The maximum atomic E-state index is 13.1. The number of carbonyl (C=O) groups excluding carboxylic acids is 1. The van der Waals surface area contributed by atoms with Gasteiger partial charge in [-0.15, -0.1) is 0 Å². The van der Waals surface area contributed by atoms with E-state index in [9.17, 15) is 18.0 Å². The van der Waals surface area contributed by atoms with Crippen LogP contribution in [0, 0.1) is 0 Å². The first-order valence-electron chi connectivity index (χ1n) is 7.32. The van der Waals surface area contributed by atoms with E-state index in [1.54, 1.807) is 18.2 Å². The first kappa shape index (κ1) is 16.8. The van der Waals surface area contributed by atoms with E-state index in [1.165, 1.54) is 12.1 Å². The molecule has 1 amide bonds. The molecule has 22 heavy (non-hydrogen) atoms. The number of benzene rings is 1. The minimum absolute atomic E-state index is 0.0101. The largest absolute Gasteiger partial charge is 0.407 e. The third kappa shape index (κ3) is 4.99. The topological polar surface area (TPSA) is 53.2 Å². The van der Waals surface area contributed by atoms with E-state index in [0.717, 1.165) is 19.4 Å². The standard InChI is InChI=1S/C15H20F3N3O/c16-15(17,18)14(11-5-2-1-3-6-11)20-10-13(22)21-12-7-4-8-19-9-12/h1-3,5-6,12,14,19-20H,4,7-10H2,(H,21,22)/t12-,14?/m0/s1. The van der Waals surface area contributed by atoms with Gasteiger partial charge in [0.2, 0.25) is 5.91 Å². The number of alkyl halides is 3. The van der Waals surface area contributed by atoms with E-state index < -0.39 is 18.1 Å². The summed E-state index contributed by atoms with van der Waals surface area (Å²) in [6.07, 6.45) is -2.65. The van der Waals surface area contributed by atoms with Crippen molar-refractivity contribution in [3.05, 3.63) is 35.9 Å². The van der Waals surface area contributed by atoms with E-state index >= 15 is 0 Å². The summed E-state index contributed by atoms with van der Waals surface area (Å²) < 4.78 is 39.3. The molecule has 2 rings (SSSR count). The number of hydrogen-bond donors (Lipinski definition) is 3. The minimum atomic E-state index is -4.45. The second-order valence-corrected chi connectivity index (χ2v) is 5.38. The molecular weight excluding hydrogens is 295 g/mol. The molecule has 1 aromatic rings. The molecule has 2 atom stereocenters. The van der Waals surface area contributed by atoms with E-state index in [0.29, 0.717) is 6.54 Å². The highest BCUT2D eigenvalue weighted by molar-refractivity contribution is 5.78. The first-order valence-corrected chi connectivity index (χ1v) is 7.32. The van der Waals surface area contributed by atoms with Crippen molar-refractivity contribution in [1.82, 2.24) is 16.0 Å². The quantitative estimate of drug-likeness (QED) is 0.776. The Balaban J connectivity index is 1.89. The van der Waals surface area contributed by atoms with E-state index in [-0.39, 0.29) is 18.2 Å². The van der Waals surface area contributed by atoms with Crippen molar-refractivity contribution in [3.8, 4) is 0 Å². The summed E-state index contributed by atoms with van der Waals surface area (Å²) in [5.41, 5.74) is 0.0992. The lowest BCUT2D eigenvalue weighted by Gasteiger charge is -2.25. The van der Waals surface area contributed by atoms with E-state index in [1.807, 2.05) is 0 Å². The summed E-state index contributed by atoms with van der Waals surface area (Å²) in [5, 5.41) is 8.19. The van der Waals surface area contributed by atoms with Crippen molar-refractivity contribution in [3.63, 3.8) is 0 Å². The van der Waals surface area contributed by atoms with Gasteiger partial charge in [-0.1, -0.05) is 30.3 Å². The lowest BCUT2D eigenvalue weighted by molar-refractivity contribution is -0.158. The van der Waals surface area contributed by atoms with E-state index in [4.69, 9.17) is 0 Å². The fourth-order valence-electron chi connectivity index (χ4n) is 2.52. The van der Waals surface area contributed by atoms with Gasteiger partial charge in [0.25, 0.3) is 0 Å². The monoisotopic (exact) mass is 315 g/mol. The molecule has 3 N–H and O–H groups in total. The first-order chi connectivity index (χ1) is 10.5. The number of piperidine rings is 1. The Morgan fingerprint density at radius 3 is 2.64 bits per heavy atom. The molecule has 0 saturated carbocycles. The molecule has 0 bridgehead atoms. The van der Waals surface area contributed by atoms with Gasteiger partial charge in [-0.3, -0.25) is 10.1 Å². The Bertz CT molecular complexity index is 473. The normalized spacial score (nSPS) is 20.4. The fraction of sp³-hybridized carbons (Fsp3) is 0.533. The highest BCUT2D eigenvalue weighted by Crippen LogP contribution is 2.32. The smallest absolute Gasteiger partial charge is 0.351 e. The molecule has 0 radical (unpaired) electrons. The molecule has 0 aliphatic carbocycles. The van der Waals surface area contributed by atoms with Crippen LogP contribution in [-0.4, -0.2) is 37.8 Å². The molecule has 1 fully saturated rings. The van der Waals surface area contributed by atoms with Gasteiger partial charge in [0, 0.05) is 12.6 Å². The van der Waals surface area contributed by atoms with Crippen molar-refractivity contribution < 1.29 is 18.0 Å². The van der Waals surface area contributed by atoms with Gasteiger partial charge in [-0.2, -0.15) is 13.2 Å². The number of hydrogen-bond acceptors (Lipinski definition) is 3. The summed E-state index contributed by atoms with van der Waals surface area (Å²) in [4.78, 5) is 11.8. The van der Waals surface area contributed by atoms with Crippen molar-refractivity contribution in [2.45, 2.75) is 31.1 Å². The van der Waals surface area contributed by atoms with Crippen LogP contribution in [0.3, 0.4) is 0 Å². The number of halogens is 3. The zero-order valence-corrected chi connectivity index (χ0v) is 12.1. The molecule has 4 nitrogen and oxygen atoms in total. The van der Waals surface area contributed by atoms with Gasteiger partial charge in [0.1, 0.15) is 6.04 Å². The molecule has 1 aliphatic rings. The third-order valence-electron chi connectivity index (χ3n) is 3.59. The van der Waals surface area contributed by atoms with Gasteiger partial charge in [0.15, 0.2) is 0 Å². The zero-order valence-electron chi connectivity index (χ0n) is 12.1. The average Bonchev–Trinajstić information content (AvgIpc) is 2.48. The second kappa shape index (κ2) is 7.60. The lowest BCUT2D eigenvalue weighted by Crippen LogP contribution is -2.49. The summed E-state index contributed by atoms with van der Waals surface area (Å²) in [6.45, 7) is 1.21. The van der Waals surface area contributed by atoms with Crippen LogP contribution in [0.5, 0.6) is 0 Å². The maximum Gasteiger partial charge on any atom is 0.407 e. The number of rotatable bonds is 5. The Labute approximate surface area is 127 Å². The molecule has 1 heterocycles. The van der Waals surface area contributed by atoms with Crippen LogP contribution in [-0.2, 0) is 4.79 Å². The number of carbonyl (C=O) groups is 1. The van der Waals surface area contributed by atoms with Crippen LogP contribution < -0.4 is 16.0 Å². The molecule has 0 spiro atoms. The summed E-state index contributed by atoms with van der Waals surface area (Å²) in [5.74, 6) is -0.418. The van der Waals surface area contributed by atoms with Crippen LogP contribution in [0.15, 0.2) is 30.3 Å². The van der Waals surface area contributed by atoms with Crippen LogP contribution in [0.4, 0.5) is 13.2 Å². The molecule has 1 aromatic carbocycles. The van der Waals surface area contributed by atoms with Crippen LogP contribution in [0.2, 0.25) is 0 Å². The molecule has 1 aliphatic heterocycles. The SMILES string of the molecule is O=C(CNC(c1ccccc1)C(F)(F)F)N[C@H]1CCCNC1. The zero-order chi connectivity index (χ0) is 16.0. The van der Waals surface area contributed by atoms with Gasteiger partial charge in [0.05, 0.1) is 6.54 Å². The number of amides is 1. The maximum absolute atomic E-state index is 13.1. The van der Waals surface area contributed by atoms with Crippen LogP contribution in [0.25, 0.3) is 0 Å². The minimum Gasteiger partial charge on any atom is -0.351 e. The fourth-order valence-corrected chi connectivity index (χ4v) is 2.52. The van der Waals surface area contributed by atoms with Crippen molar-refractivity contribution in [2.75, 3.05) is 19.6 Å². The molecular formula is C15H20F3N3O. The van der Waals surface area contributed by atoms with Gasteiger partial charge >= 0.3 is 6.18 Å². The van der Waals surface area contributed by atoms with E-state index in [2.05, 4.69) is 16.0 Å². The molecule has 7 heteroatoms. The molecule has 1 unspecified atom stereocenters. The summed E-state index contributed by atoms with van der Waals surface area (Å²) >= 11 is 0. The van der Waals surface area contributed by atoms with Crippen molar-refractivity contribution in [2.24, 2.45) is 0 Å². The average molecular weight is 315 g/mol. The highest BCUT2D eigenvalue weighted by atomic mass is 19.4. The highest BCUT2D eigenvalue weighted by Gasteiger charge is 2.40. The van der Waals surface area contributed by atoms with Crippen LogP contribution in [0.1, 0.15) is 24.4 Å². The molecule has 122 valence electrons. The summed E-state index contributed by atoms with van der Waals surface area (Å²) in [6, 6.07) is 5.68. The molecule has 0 aromatic heterocycles. The van der Waals surface area contributed by atoms with Crippen molar-refractivity contribution >= 4 is 5.91 Å². The van der Waals surface area contributed by atoms with Crippen LogP contribution >= 0.6 is 0 Å². The Kier molecular flexibility index (Phi) is 5.79. The summed E-state index contributed by atoms with van der Waals surface area (Å²) in [7, 11) is 0. The Hall–Kier alpha value is -1.60. The second-order valence-electron chi connectivity index (χ2n) is 5.38.